The van der Waals surface area contributed by atoms with Crippen molar-refractivity contribution in [2.45, 2.75) is 39.2 Å². The molecule has 2 aromatic carbocycles. The van der Waals surface area contributed by atoms with Crippen molar-refractivity contribution >= 4 is 22.8 Å². The molecule has 0 atom stereocenters. The Bertz CT molecular complexity index is 1240. The van der Waals surface area contributed by atoms with Gasteiger partial charge in [0.1, 0.15) is 5.82 Å². The second-order valence-corrected chi connectivity index (χ2v) is 9.38. The second kappa shape index (κ2) is 9.81. The number of fused-ring (bicyclic) bond motifs is 1. The molecule has 0 amide bonds. The van der Waals surface area contributed by atoms with Gasteiger partial charge in [0.15, 0.2) is 5.65 Å². The SMILES string of the molecule is CC(C)c1ccc(-c2nc(NCCN3CCCC3)nc3nn(Cc4ccccc4)c(N)c23)cc1. The Morgan fingerprint density at radius 2 is 1.71 bits per heavy atom. The van der Waals surface area contributed by atoms with Crippen molar-refractivity contribution < 1.29 is 0 Å². The molecular formula is C27H33N7. The normalized spacial score (nSPS) is 14.3. The number of anilines is 2. The van der Waals surface area contributed by atoms with E-state index in [1.807, 2.05) is 22.9 Å². The zero-order chi connectivity index (χ0) is 23.5. The van der Waals surface area contributed by atoms with Gasteiger partial charge in [-0.2, -0.15) is 4.98 Å². The topological polar surface area (TPSA) is 84.9 Å². The predicted octanol–water partition coefficient (Wildman–Crippen LogP) is 4.75. The van der Waals surface area contributed by atoms with Crippen molar-refractivity contribution in [2.75, 3.05) is 37.2 Å². The molecule has 1 aliphatic rings. The van der Waals surface area contributed by atoms with Crippen molar-refractivity contribution in [1.82, 2.24) is 24.6 Å². The van der Waals surface area contributed by atoms with Gasteiger partial charge in [-0.1, -0.05) is 68.4 Å². The number of hydrogen-bond acceptors (Lipinski definition) is 6. The summed E-state index contributed by atoms with van der Waals surface area (Å²) < 4.78 is 1.83. The maximum atomic E-state index is 6.63. The van der Waals surface area contributed by atoms with E-state index in [4.69, 9.17) is 20.8 Å². The van der Waals surface area contributed by atoms with Crippen LogP contribution in [0.25, 0.3) is 22.3 Å². The fourth-order valence-corrected chi connectivity index (χ4v) is 4.58. The third-order valence-electron chi connectivity index (χ3n) is 6.58. The summed E-state index contributed by atoms with van der Waals surface area (Å²) in [5.74, 6) is 1.66. The fraction of sp³-hybridized carbons (Fsp3) is 0.370. The van der Waals surface area contributed by atoms with Crippen molar-refractivity contribution in [2.24, 2.45) is 0 Å². The van der Waals surface area contributed by atoms with Gasteiger partial charge >= 0.3 is 0 Å². The fourth-order valence-electron chi connectivity index (χ4n) is 4.58. The summed E-state index contributed by atoms with van der Waals surface area (Å²) in [7, 11) is 0. The monoisotopic (exact) mass is 455 g/mol. The Morgan fingerprint density at radius 1 is 0.971 bits per heavy atom. The second-order valence-electron chi connectivity index (χ2n) is 9.38. The minimum absolute atomic E-state index is 0.473. The standard InChI is InChI=1S/C27H33N7/c1-19(2)21-10-12-22(13-11-21)24-23-25(28)34(18-20-8-4-3-5-9-20)32-26(23)31-27(30-24)29-14-17-33-15-6-7-16-33/h3-5,8-13,19H,6-7,14-18,28H2,1-2H3,(H,29,31,32). The van der Waals surface area contributed by atoms with Crippen LogP contribution in [0.5, 0.6) is 0 Å². The van der Waals surface area contributed by atoms with Crippen LogP contribution in [0, 0.1) is 0 Å². The minimum atomic E-state index is 0.473. The summed E-state index contributed by atoms with van der Waals surface area (Å²) >= 11 is 0. The number of likely N-dealkylation sites (tertiary alicyclic amines) is 1. The summed E-state index contributed by atoms with van der Waals surface area (Å²) in [6.45, 7) is 9.14. The molecule has 34 heavy (non-hydrogen) atoms. The molecule has 0 radical (unpaired) electrons. The van der Waals surface area contributed by atoms with Gasteiger partial charge < -0.3 is 16.0 Å². The third-order valence-corrected chi connectivity index (χ3v) is 6.58. The average Bonchev–Trinajstić information content (AvgIpc) is 3.47. The van der Waals surface area contributed by atoms with Crippen LogP contribution >= 0.6 is 0 Å². The summed E-state index contributed by atoms with van der Waals surface area (Å²) in [5.41, 5.74) is 11.5. The number of nitrogens with two attached hydrogens (primary N) is 1. The zero-order valence-corrected chi connectivity index (χ0v) is 20.0. The number of hydrogen-bond donors (Lipinski definition) is 2. The molecule has 5 rings (SSSR count). The van der Waals surface area contributed by atoms with Crippen molar-refractivity contribution in [1.29, 1.82) is 0 Å². The molecule has 3 heterocycles. The Kier molecular flexibility index (Phi) is 6.45. The van der Waals surface area contributed by atoms with Crippen LogP contribution in [-0.4, -0.2) is 50.8 Å². The Morgan fingerprint density at radius 3 is 2.41 bits per heavy atom. The lowest BCUT2D eigenvalue weighted by atomic mass is 10.00. The molecular weight excluding hydrogens is 422 g/mol. The lowest BCUT2D eigenvalue weighted by Gasteiger charge is -2.15. The average molecular weight is 456 g/mol. The molecule has 0 aliphatic carbocycles. The van der Waals surface area contributed by atoms with E-state index in [-0.39, 0.29) is 0 Å². The van der Waals surface area contributed by atoms with Gasteiger partial charge in [0.25, 0.3) is 0 Å². The number of nitrogens with zero attached hydrogens (tertiary/aromatic N) is 5. The smallest absolute Gasteiger partial charge is 0.225 e. The van der Waals surface area contributed by atoms with Crippen molar-refractivity contribution in [3.63, 3.8) is 0 Å². The van der Waals surface area contributed by atoms with Gasteiger partial charge in [-0.15, -0.1) is 5.10 Å². The van der Waals surface area contributed by atoms with Gasteiger partial charge in [-0.25, -0.2) is 9.67 Å². The first-order chi connectivity index (χ1) is 16.6. The van der Waals surface area contributed by atoms with E-state index in [0.717, 1.165) is 35.3 Å². The van der Waals surface area contributed by atoms with Gasteiger partial charge in [0, 0.05) is 18.7 Å². The summed E-state index contributed by atoms with van der Waals surface area (Å²) in [5, 5.41) is 9.01. The number of benzene rings is 2. The lowest BCUT2D eigenvalue weighted by Crippen LogP contribution is -2.26. The van der Waals surface area contributed by atoms with E-state index < -0.39 is 0 Å². The molecule has 1 saturated heterocycles. The summed E-state index contributed by atoms with van der Waals surface area (Å²) in [4.78, 5) is 12.1. The lowest BCUT2D eigenvalue weighted by molar-refractivity contribution is 0.352. The molecule has 1 fully saturated rings. The van der Waals surface area contributed by atoms with E-state index in [9.17, 15) is 0 Å². The molecule has 1 aliphatic heterocycles. The van der Waals surface area contributed by atoms with Crippen LogP contribution in [0.3, 0.4) is 0 Å². The Hall–Kier alpha value is -3.45. The van der Waals surface area contributed by atoms with Crippen LogP contribution in [0.15, 0.2) is 54.6 Å². The molecule has 0 saturated carbocycles. The Labute approximate surface area is 201 Å². The molecule has 176 valence electrons. The zero-order valence-electron chi connectivity index (χ0n) is 20.0. The van der Waals surface area contributed by atoms with Crippen molar-refractivity contribution in [3.05, 3.63) is 65.7 Å². The molecule has 0 spiro atoms. The maximum absolute atomic E-state index is 6.63. The largest absolute Gasteiger partial charge is 0.383 e. The van der Waals surface area contributed by atoms with Gasteiger partial charge in [-0.05, 0) is 43.0 Å². The third kappa shape index (κ3) is 4.75. The minimum Gasteiger partial charge on any atom is -0.383 e. The van der Waals surface area contributed by atoms with Gasteiger partial charge in [0.2, 0.25) is 5.95 Å². The molecule has 7 heteroatoms. The first-order valence-electron chi connectivity index (χ1n) is 12.2. The number of nitrogens with one attached hydrogen (secondary N) is 1. The van der Waals surface area contributed by atoms with Gasteiger partial charge in [-0.3, -0.25) is 0 Å². The predicted molar refractivity (Wildman–Crippen MR) is 139 cm³/mol. The maximum Gasteiger partial charge on any atom is 0.225 e. The van der Waals surface area contributed by atoms with Gasteiger partial charge in [0.05, 0.1) is 17.6 Å². The highest BCUT2D eigenvalue weighted by Gasteiger charge is 2.19. The number of rotatable bonds is 8. The van der Waals surface area contributed by atoms with Crippen LogP contribution < -0.4 is 11.1 Å². The van der Waals surface area contributed by atoms with Crippen LogP contribution in [0.2, 0.25) is 0 Å². The highest BCUT2D eigenvalue weighted by Crippen LogP contribution is 2.32. The first-order valence-corrected chi connectivity index (χ1v) is 12.2. The first kappa shape index (κ1) is 22.3. The van der Waals surface area contributed by atoms with Crippen molar-refractivity contribution in [3.8, 4) is 11.3 Å². The summed E-state index contributed by atoms with van der Waals surface area (Å²) in [6.07, 6.45) is 2.58. The van der Waals surface area contributed by atoms with E-state index in [1.165, 1.54) is 31.5 Å². The van der Waals surface area contributed by atoms with Crippen LogP contribution in [0.4, 0.5) is 11.8 Å². The summed E-state index contributed by atoms with van der Waals surface area (Å²) in [6, 6.07) is 18.8. The highest BCUT2D eigenvalue weighted by molar-refractivity contribution is 5.99. The van der Waals surface area contributed by atoms with Crippen LogP contribution in [0.1, 0.15) is 43.7 Å². The molecule has 3 N–H and O–H groups in total. The molecule has 7 nitrogen and oxygen atoms in total. The molecule has 4 aromatic rings. The van der Waals surface area contributed by atoms with E-state index >= 15 is 0 Å². The van der Waals surface area contributed by atoms with E-state index in [1.54, 1.807) is 0 Å². The van der Waals surface area contributed by atoms with E-state index in [2.05, 4.69) is 60.5 Å². The van der Waals surface area contributed by atoms with Crippen LogP contribution in [-0.2, 0) is 6.54 Å². The molecule has 0 bridgehead atoms. The molecule has 2 aromatic heterocycles. The van der Waals surface area contributed by atoms with E-state index in [0.29, 0.717) is 29.9 Å². The quantitative estimate of drug-likeness (QED) is 0.399. The highest BCUT2D eigenvalue weighted by atomic mass is 15.3. The number of nitrogen functional groups attached to an aromatic ring is 1. The molecule has 0 unspecified atom stereocenters. The Balaban J connectivity index is 1.51. The number of aromatic nitrogens is 4.